The quantitative estimate of drug-likeness (QED) is 0.808. The van der Waals surface area contributed by atoms with Gasteiger partial charge in [-0.1, -0.05) is 0 Å². The molecule has 84 valence electrons. The Bertz CT molecular complexity index is 370. The minimum atomic E-state index is -4.56. The minimum absolute atomic E-state index is 0.0392. The van der Waals surface area contributed by atoms with Crippen LogP contribution in [0.15, 0.2) is 6.07 Å². The molecule has 3 nitrogen and oxygen atoms in total. The highest BCUT2D eigenvalue weighted by molar-refractivity contribution is 7.14. The van der Waals surface area contributed by atoms with E-state index in [1.807, 2.05) is 0 Å². The summed E-state index contributed by atoms with van der Waals surface area (Å²) in [4.78, 5) is 9.62. The van der Waals surface area contributed by atoms with E-state index in [0.29, 0.717) is 6.07 Å². The molecule has 0 aliphatic heterocycles. The molecular weight excluding hydrogens is 233 g/mol. The third-order valence-electron chi connectivity index (χ3n) is 1.45. The molecule has 0 bridgehead atoms. The molecule has 0 spiro atoms. The van der Waals surface area contributed by atoms with Crippen molar-refractivity contribution in [2.45, 2.75) is 13.1 Å². The van der Waals surface area contributed by atoms with Gasteiger partial charge in [0.1, 0.15) is 10.6 Å². The summed E-state index contributed by atoms with van der Waals surface area (Å²) in [6.45, 7) is 1.56. The Hall–Kier alpha value is -1.24. The molecule has 0 fully saturated rings. The molecule has 0 amide bonds. The Labute approximate surface area is 87.1 Å². The van der Waals surface area contributed by atoms with Gasteiger partial charge in [0, 0.05) is 6.07 Å². The van der Waals surface area contributed by atoms with E-state index in [0.717, 1.165) is 0 Å². The van der Waals surface area contributed by atoms with E-state index in [-0.39, 0.29) is 17.9 Å². The van der Waals surface area contributed by atoms with Crippen molar-refractivity contribution in [2.24, 2.45) is 0 Å². The summed E-state index contributed by atoms with van der Waals surface area (Å²) in [6.07, 6.45) is -4.56. The number of rotatable bonds is 2. The van der Waals surface area contributed by atoms with E-state index in [9.17, 15) is 18.0 Å². The van der Waals surface area contributed by atoms with Gasteiger partial charge >= 0.3 is 12.1 Å². The topological polar surface area (TPSA) is 46.5 Å². The highest BCUT2D eigenvalue weighted by atomic mass is 32.1. The average Bonchev–Trinajstić information content (AvgIpc) is 2.47. The lowest BCUT2D eigenvalue weighted by atomic mass is 10.4. The number of hydrogen-bond donors (Lipinski definition) is 1. The van der Waals surface area contributed by atoms with Crippen LogP contribution in [-0.2, 0) is 10.9 Å². The monoisotopic (exact) mass is 240 g/mol. The van der Waals surface area contributed by atoms with Crippen LogP contribution in [0.4, 0.5) is 13.2 Å². The number of carbonyl (C=O) groups excluding carboxylic acids is 1. The lowest BCUT2D eigenvalue weighted by Crippen LogP contribution is -2.03. The summed E-state index contributed by atoms with van der Waals surface area (Å²) in [5.41, 5.74) is 0. The maximum Gasteiger partial charge on any atom is 0.425 e. The van der Waals surface area contributed by atoms with E-state index in [1.54, 1.807) is 0 Å². The fourth-order valence-electron chi connectivity index (χ4n) is 0.864. The summed E-state index contributed by atoms with van der Waals surface area (Å²) in [5, 5.41) is 9.10. The largest absolute Gasteiger partial charge is 0.506 e. The smallest absolute Gasteiger partial charge is 0.425 e. The molecule has 0 aromatic carbocycles. The zero-order chi connectivity index (χ0) is 11.6. The molecule has 0 atom stereocenters. The lowest BCUT2D eigenvalue weighted by molar-refractivity contribution is -0.134. The number of hydrogen-bond acceptors (Lipinski definition) is 4. The molecular formula is C8H7F3O3S. The summed E-state index contributed by atoms with van der Waals surface area (Å²) in [5.74, 6) is -1.65. The van der Waals surface area contributed by atoms with E-state index < -0.39 is 27.6 Å². The SMILES string of the molecule is CCOC(=O)c1sc(C(F)(F)F)cc1O. The van der Waals surface area contributed by atoms with Gasteiger partial charge in [0.2, 0.25) is 0 Å². The van der Waals surface area contributed by atoms with Gasteiger partial charge in [-0.3, -0.25) is 0 Å². The predicted molar refractivity (Wildman–Crippen MR) is 46.9 cm³/mol. The predicted octanol–water partition coefficient (Wildman–Crippen LogP) is 2.65. The molecule has 15 heavy (non-hydrogen) atoms. The number of carbonyl (C=O) groups is 1. The van der Waals surface area contributed by atoms with Crippen molar-refractivity contribution >= 4 is 17.3 Å². The van der Waals surface area contributed by atoms with Gasteiger partial charge in [0.25, 0.3) is 0 Å². The van der Waals surface area contributed by atoms with Gasteiger partial charge in [0.15, 0.2) is 4.88 Å². The number of esters is 1. The molecule has 0 unspecified atom stereocenters. The molecule has 1 rings (SSSR count). The van der Waals surface area contributed by atoms with E-state index in [1.165, 1.54) is 6.92 Å². The maximum absolute atomic E-state index is 12.2. The third kappa shape index (κ3) is 2.62. The van der Waals surface area contributed by atoms with Crippen LogP contribution in [-0.4, -0.2) is 17.7 Å². The summed E-state index contributed by atoms with van der Waals surface area (Å²) < 4.78 is 41.0. The molecule has 1 aromatic heterocycles. The molecule has 1 aromatic rings. The molecule has 0 saturated heterocycles. The van der Waals surface area contributed by atoms with Crippen LogP contribution in [0, 0.1) is 0 Å². The highest BCUT2D eigenvalue weighted by Gasteiger charge is 2.35. The second-order valence-corrected chi connectivity index (χ2v) is 3.60. The van der Waals surface area contributed by atoms with Crippen LogP contribution >= 0.6 is 11.3 Å². The Morgan fingerprint density at radius 2 is 2.20 bits per heavy atom. The Morgan fingerprint density at radius 3 is 2.60 bits per heavy atom. The summed E-state index contributed by atoms with van der Waals surface area (Å²) >= 11 is 0.165. The minimum Gasteiger partial charge on any atom is -0.506 e. The van der Waals surface area contributed by atoms with E-state index in [2.05, 4.69) is 4.74 Å². The zero-order valence-electron chi connectivity index (χ0n) is 7.59. The Kier molecular flexibility index (Phi) is 3.23. The first-order valence-corrected chi connectivity index (χ1v) is 4.75. The van der Waals surface area contributed by atoms with Gasteiger partial charge in [-0.2, -0.15) is 13.2 Å². The fourth-order valence-corrected chi connectivity index (χ4v) is 1.68. The van der Waals surface area contributed by atoms with Crippen molar-refractivity contribution in [3.05, 3.63) is 15.8 Å². The maximum atomic E-state index is 12.2. The van der Waals surface area contributed by atoms with Crippen molar-refractivity contribution in [3.63, 3.8) is 0 Å². The van der Waals surface area contributed by atoms with Crippen LogP contribution < -0.4 is 0 Å². The number of halogens is 3. The van der Waals surface area contributed by atoms with Gasteiger partial charge < -0.3 is 9.84 Å². The second-order valence-electron chi connectivity index (χ2n) is 2.54. The van der Waals surface area contributed by atoms with Crippen LogP contribution in [0.1, 0.15) is 21.5 Å². The van der Waals surface area contributed by atoms with Crippen LogP contribution in [0.3, 0.4) is 0 Å². The molecule has 0 radical (unpaired) electrons. The summed E-state index contributed by atoms with van der Waals surface area (Å²) in [6, 6.07) is 0.511. The van der Waals surface area contributed by atoms with Gasteiger partial charge in [0.05, 0.1) is 6.61 Å². The number of ether oxygens (including phenoxy) is 1. The van der Waals surface area contributed by atoms with Crippen molar-refractivity contribution in [2.75, 3.05) is 6.61 Å². The molecule has 0 aliphatic carbocycles. The first-order valence-electron chi connectivity index (χ1n) is 3.93. The lowest BCUT2D eigenvalue weighted by Gasteiger charge is -2.00. The van der Waals surface area contributed by atoms with Gasteiger partial charge in [-0.15, -0.1) is 11.3 Å². The van der Waals surface area contributed by atoms with E-state index in [4.69, 9.17) is 5.11 Å². The van der Waals surface area contributed by atoms with Crippen molar-refractivity contribution in [1.29, 1.82) is 0 Å². The van der Waals surface area contributed by atoms with Crippen molar-refractivity contribution in [3.8, 4) is 5.75 Å². The van der Waals surface area contributed by atoms with Crippen LogP contribution in [0.2, 0.25) is 0 Å². The molecule has 0 saturated carbocycles. The molecule has 1 N–H and O–H groups in total. The molecule has 7 heteroatoms. The van der Waals surface area contributed by atoms with Crippen molar-refractivity contribution in [1.82, 2.24) is 0 Å². The second kappa shape index (κ2) is 4.09. The third-order valence-corrected chi connectivity index (χ3v) is 2.60. The Balaban J connectivity index is 3.02. The standard InChI is InChI=1S/C8H7F3O3S/c1-2-14-7(13)6-4(12)3-5(15-6)8(9,10)11/h3,12H,2H2,1H3. The van der Waals surface area contributed by atoms with Gasteiger partial charge in [-0.05, 0) is 6.92 Å². The molecule has 1 heterocycles. The normalized spacial score (nSPS) is 11.5. The van der Waals surface area contributed by atoms with Crippen LogP contribution in [0.5, 0.6) is 5.75 Å². The first-order chi connectivity index (χ1) is 6.86. The molecule has 0 aliphatic rings. The average molecular weight is 240 g/mol. The highest BCUT2D eigenvalue weighted by Crippen LogP contribution is 2.39. The van der Waals surface area contributed by atoms with Crippen LogP contribution in [0.25, 0.3) is 0 Å². The van der Waals surface area contributed by atoms with Crippen molar-refractivity contribution < 1.29 is 27.8 Å². The number of alkyl halides is 3. The number of aromatic hydroxyl groups is 1. The first kappa shape index (κ1) is 11.8. The Morgan fingerprint density at radius 1 is 1.60 bits per heavy atom. The number of thiophene rings is 1. The summed E-state index contributed by atoms with van der Waals surface area (Å²) in [7, 11) is 0. The van der Waals surface area contributed by atoms with Gasteiger partial charge in [-0.25, -0.2) is 4.79 Å². The fraction of sp³-hybridized carbons (Fsp3) is 0.375. The van der Waals surface area contributed by atoms with E-state index >= 15 is 0 Å². The zero-order valence-corrected chi connectivity index (χ0v) is 8.41.